The fraction of sp³-hybridized carbons (Fsp3) is 0.571. The van der Waals surface area contributed by atoms with Crippen molar-refractivity contribution < 1.29 is 9.84 Å². The predicted molar refractivity (Wildman–Crippen MR) is 67.7 cm³/mol. The smallest absolute Gasteiger partial charge is 0.0977 e. The molecular weight excluding hydrogens is 214 g/mol. The van der Waals surface area contributed by atoms with Gasteiger partial charge < -0.3 is 15.2 Å². The summed E-state index contributed by atoms with van der Waals surface area (Å²) in [6.45, 7) is 5.37. The summed E-state index contributed by atoms with van der Waals surface area (Å²) in [7, 11) is 0. The van der Waals surface area contributed by atoms with Crippen LogP contribution in [0.4, 0.5) is 0 Å². The SMILES string of the molecule is CC1(C)OCCC(NCc2ccccc2)C1O. The van der Waals surface area contributed by atoms with E-state index in [0.717, 1.165) is 13.0 Å². The molecule has 0 radical (unpaired) electrons. The topological polar surface area (TPSA) is 41.5 Å². The summed E-state index contributed by atoms with van der Waals surface area (Å²) in [5.74, 6) is 0. The van der Waals surface area contributed by atoms with Crippen molar-refractivity contribution in [3.8, 4) is 0 Å². The molecule has 1 aromatic rings. The molecular formula is C14H21NO2. The molecule has 3 heteroatoms. The van der Waals surface area contributed by atoms with Gasteiger partial charge in [0, 0.05) is 19.2 Å². The Labute approximate surface area is 103 Å². The van der Waals surface area contributed by atoms with Gasteiger partial charge in [-0.3, -0.25) is 0 Å². The second kappa shape index (κ2) is 5.17. The third kappa shape index (κ3) is 3.06. The van der Waals surface area contributed by atoms with Crippen LogP contribution in [-0.2, 0) is 11.3 Å². The molecule has 0 amide bonds. The Balaban J connectivity index is 1.91. The van der Waals surface area contributed by atoms with E-state index in [1.54, 1.807) is 0 Å². The Hall–Kier alpha value is -0.900. The molecule has 1 aromatic carbocycles. The van der Waals surface area contributed by atoms with Gasteiger partial charge in [-0.05, 0) is 25.8 Å². The van der Waals surface area contributed by atoms with Crippen molar-refractivity contribution in [2.24, 2.45) is 0 Å². The minimum absolute atomic E-state index is 0.110. The third-order valence-corrected chi connectivity index (χ3v) is 3.41. The zero-order valence-electron chi connectivity index (χ0n) is 10.5. The van der Waals surface area contributed by atoms with Gasteiger partial charge in [0.15, 0.2) is 0 Å². The number of rotatable bonds is 3. The van der Waals surface area contributed by atoms with Crippen molar-refractivity contribution in [2.75, 3.05) is 6.61 Å². The van der Waals surface area contributed by atoms with Gasteiger partial charge in [0.1, 0.15) is 0 Å². The average Bonchev–Trinajstić information content (AvgIpc) is 2.32. The number of aliphatic hydroxyl groups excluding tert-OH is 1. The first kappa shape index (κ1) is 12.6. The first-order valence-corrected chi connectivity index (χ1v) is 6.19. The van der Waals surface area contributed by atoms with Crippen LogP contribution in [0.1, 0.15) is 25.8 Å². The molecule has 1 saturated heterocycles. The number of aliphatic hydroxyl groups is 1. The molecule has 0 saturated carbocycles. The lowest BCUT2D eigenvalue weighted by molar-refractivity contribution is -0.146. The van der Waals surface area contributed by atoms with E-state index in [1.165, 1.54) is 5.56 Å². The molecule has 0 bridgehead atoms. The van der Waals surface area contributed by atoms with E-state index in [9.17, 15) is 5.11 Å². The normalized spacial score (nSPS) is 27.9. The summed E-state index contributed by atoms with van der Waals surface area (Å²) in [5, 5.41) is 13.6. The van der Waals surface area contributed by atoms with E-state index < -0.39 is 11.7 Å². The fourth-order valence-electron chi connectivity index (χ4n) is 2.24. The zero-order chi connectivity index (χ0) is 12.3. The quantitative estimate of drug-likeness (QED) is 0.838. The van der Waals surface area contributed by atoms with E-state index in [1.807, 2.05) is 32.0 Å². The molecule has 0 spiro atoms. The molecule has 17 heavy (non-hydrogen) atoms. The second-order valence-electron chi connectivity index (χ2n) is 5.16. The average molecular weight is 235 g/mol. The molecule has 1 aliphatic heterocycles. The zero-order valence-corrected chi connectivity index (χ0v) is 10.5. The van der Waals surface area contributed by atoms with Crippen molar-refractivity contribution in [1.29, 1.82) is 0 Å². The molecule has 1 fully saturated rings. The van der Waals surface area contributed by atoms with Crippen molar-refractivity contribution >= 4 is 0 Å². The van der Waals surface area contributed by atoms with E-state index in [4.69, 9.17) is 4.74 Å². The maximum Gasteiger partial charge on any atom is 0.0977 e. The number of hydrogen-bond acceptors (Lipinski definition) is 3. The molecule has 94 valence electrons. The molecule has 0 aliphatic carbocycles. The van der Waals surface area contributed by atoms with Crippen LogP contribution in [-0.4, -0.2) is 29.5 Å². The number of nitrogens with one attached hydrogen (secondary N) is 1. The largest absolute Gasteiger partial charge is 0.389 e. The van der Waals surface area contributed by atoms with Gasteiger partial charge in [-0.15, -0.1) is 0 Å². The van der Waals surface area contributed by atoms with Crippen LogP contribution in [0.15, 0.2) is 30.3 Å². The van der Waals surface area contributed by atoms with E-state index in [2.05, 4.69) is 17.4 Å². The molecule has 3 nitrogen and oxygen atoms in total. The highest BCUT2D eigenvalue weighted by Gasteiger charge is 2.38. The maximum atomic E-state index is 10.2. The molecule has 2 N–H and O–H groups in total. The Kier molecular flexibility index (Phi) is 3.82. The molecule has 2 rings (SSSR count). The highest BCUT2D eigenvalue weighted by Crippen LogP contribution is 2.24. The van der Waals surface area contributed by atoms with Crippen LogP contribution in [0.3, 0.4) is 0 Å². The van der Waals surface area contributed by atoms with Crippen LogP contribution < -0.4 is 5.32 Å². The van der Waals surface area contributed by atoms with E-state index in [0.29, 0.717) is 6.61 Å². The number of benzene rings is 1. The summed E-state index contributed by atoms with van der Waals surface area (Å²) in [6.07, 6.45) is 0.400. The number of ether oxygens (including phenoxy) is 1. The molecule has 2 unspecified atom stereocenters. The highest BCUT2D eigenvalue weighted by atomic mass is 16.5. The molecule has 1 heterocycles. The van der Waals surface area contributed by atoms with Crippen LogP contribution >= 0.6 is 0 Å². The van der Waals surface area contributed by atoms with Gasteiger partial charge in [0.2, 0.25) is 0 Å². The lowest BCUT2D eigenvalue weighted by Gasteiger charge is -2.41. The minimum atomic E-state index is -0.458. The minimum Gasteiger partial charge on any atom is -0.389 e. The monoisotopic (exact) mass is 235 g/mol. The highest BCUT2D eigenvalue weighted by molar-refractivity contribution is 5.14. The van der Waals surface area contributed by atoms with Gasteiger partial charge >= 0.3 is 0 Å². The summed E-state index contributed by atoms with van der Waals surface area (Å²) in [4.78, 5) is 0. The Morgan fingerprint density at radius 2 is 2.06 bits per heavy atom. The van der Waals surface area contributed by atoms with Gasteiger partial charge in [-0.25, -0.2) is 0 Å². The van der Waals surface area contributed by atoms with Gasteiger partial charge in [0.05, 0.1) is 11.7 Å². The van der Waals surface area contributed by atoms with E-state index >= 15 is 0 Å². The van der Waals surface area contributed by atoms with Crippen LogP contribution in [0.25, 0.3) is 0 Å². The van der Waals surface area contributed by atoms with Crippen LogP contribution in [0.2, 0.25) is 0 Å². The molecule has 2 atom stereocenters. The van der Waals surface area contributed by atoms with Gasteiger partial charge in [-0.2, -0.15) is 0 Å². The van der Waals surface area contributed by atoms with E-state index in [-0.39, 0.29) is 6.04 Å². The molecule has 0 aromatic heterocycles. The fourth-order valence-corrected chi connectivity index (χ4v) is 2.24. The lowest BCUT2D eigenvalue weighted by atomic mass is 9.90. The summed E-state index contributed by atoms with van der Waals surface area (Å²) < 4.78 is 5.57. The number of hydrogen-bond donors (Lipinski definition) is 2. The standard InChI is InChI=1S/C14H21NO2/c1-14(2)13(16)12(8-9-17-14)15-10-11-6-4-3-5-7-11/h3-7,12-13,15-16H,8-10H2,1-2H3. The Morgan fingerprint density at radius 1 is 1.35 bits per heavy atom. The summed E-state index contributed by atoms with van der Waals surface area (Å²) >= 11 is 0. The molecule has 1 aliphatic rings. The van der Waals surface area contributed by atoms with Crippen molar-refractivity contribution in [1.82, 2.24) is 5.32 Å². The first-order chi connectivity index (χ1) is 8.09. The predicted octanol–water partition coefficient (Wildman–Crippen LogP) is 1.70. The third-order valence-electron chi connectivity index (χ3n) is 3.41. The summed E-state index contributed by atoms with van der Waals surface area (Å²) in [5.41, 5.74) is 0.788. The Morgan fingerprint density at radius 3 is 2.76 bits per heavy atom. The first-order valence-electron chi connectivity index (χ1n) is 6.19. The van der Waals surface area contributed by atoms with Gasteiger partial charge in [-0.1, -0.05) is 30.3 Å². The van der Waals surface area contributed by atoms with Crippen LogP contribution in [0, 0.1) is 0 Å². The van der Waals surface area contributed by atoms with Crippen molar-refractivity contribution in [2.45, 2.75) is 44.6 Å². The maximum absolute atomic E-state index is 10.2. The summed E-state index contributed by atoms with van der Waals surface area (Å²) in [6, 6.07) is 10.4. The Bertz CT molecular complexity index is 350. The van der Waals surface area contributed by atoms with Crippen molar-refractivity contribution in [3.63, 3.8) is 0 Å². The lowest BCUT2D eigenvalue weighted by Crippen LogP contribution is -2.56. The van der Waals surface area contributed by atoms with Crippen molar-refractivity contribution in [3.05, 3.63) is 35.9 Å². The van der Waals surface area contributed by atoms with Crippen LogP contribution in [0.5, 0.6) is 0 Å². The van der Waals surface area contributed by atoms with Gasteiger partial charge in [0.25, 0.3) is 0 Å². The second-order valence-corrected chi connectivity index (χ2v) is 5.16.